The summed E-state index contributed by atoms with van der Waals surface area (Å²) < 4.78 is 0. The van der Waals surface area contributed by atoms with Gasteiger partial charge >= 0.3 is 0 Å². The van der Waals surface area contributed by atoms with Crippen molar-refractivity contribution in [3.63, 3.8) is 0 Å². The van der Waals surface area contributed by atoms with Gasteiger partial charge in [-0.25, -0.2) is 0 Å². The van der Waals surface area contributed by atoms with Crippen LogP contribution in [0, 0.1) is 10.1 Å². The van der Waals surface area contributed by atoms with Crippen LogP contribution in [0.2, 0.25) is 0 Å². The third-order valence-corrected chi connectivity index (χ3v) is 8.61. The molecule has 3 N–H and O–H groups in total. The maximum atomic E-state index is 13.5. The van der Waals surface area contributed by atoms with E-state index in [4.69, 9.17) is 0 Å². The summed E-state index contributed by atoms with van der Waals surface area (Å²) in [5, 5.41) is 19.9. The molecule has 0 spiro atoms. The van der Waals surface area contributed by atoms with Gasteiger partial charge in [-0.15, -0.1) is 0 Å². The van der Waals surface area contributed by atoms with Gasteiger partial charge < -0.3 is 20.9 Å². The van der Waals surface area contributed by atoms with Gasteiger partial charge in [-0.3, -0.25) is 19.7 Å². The number of benzene rings is 3. The fourth-order valence-electron chi connectivity index (χ4n) is 6.18. The van der Waals surface area contributed by atoms with Crippen LogP contribution < -0.4 is 16.0 Å². The number of piperidine rings is 1. The van der Waals surface area contributed by atoms with E-state index in [1.807, 2.05) is 0 Å². The van der Waals surface area contributed by atoms with Gasteiger partial charge in [0.25, 0.3) is 11.6 Å². The molecule has 2 heterocycles. The highest BCUT2D eigenvalue weighted by Gasteiger charge is 2.37. The summed E-state index contributed by atoms with van der Waals surface area (Å²) >= 11 is 0. The number of nitro benzene ring substituents is 1. The molecule has 0 bridgehead atoms. The molecule has 0 aromatic heterocycles. The van der Waals surface area contributed by atoms with E-state index in [-0.39, 0.29) is 22.7 Å². The number of dihydropyridines is 1. The van der Waals surface area contributed by atoms with Gasteiger partial charge in [0.05, 0.1) is 11.0 Å². The summed E-state index contributed by atoms with van der Waals surface area (Å²) in [6, 6.07) is 27.3. The second-order valence-corrected chi connectivity index (χ2v) is 11.0. The van der Waals surface area contributed by atoms with Crippen LogP contribution in [0.5, 0.6) is 0 Å². The van der Waals surface area contributed by atoms with E-state index < -0.39 is 16.9 Å². The first-order valence-corrected chi connectivity index (χ1v) is 14.7. The number of non-ortho nitro benzene ring substituents is 1. The summed E-state index contributed by atoms with van der Waals surface area (Å²) in [6.45, 7) is 2.52. The highest BCUT2D eigenvalue weighted by Crippen LogP contribution is 2.41. The van der Waals surface area contributed by atoms with Crippen molar-refractivity contribution >= 4 is 17.5 Å². The molecule has 1 unspecified atom stereocenters. The van der Waals surface area contributed by atoms with Gasteiger partial charge in [-0.05, 0) is 61.7 Å². The number of carbonyl (C=O) groups excluding carboxylic acids is 2. The van der Waals surface area contributed by atoms with E-state index in [9.17, 15) is 19.7 Å². The molecule has 43 heavy (non-hydrogen) atoms. The second kappa shape index (κ2) is 13.5. The lowest BCUT2D eigenvalue weighted by Gasteiger charge is -2.43. The fourth-order valence-corrected chi connectivity index (χ4v) is 6.18. The van der Waals surface area contributed by atoms with Gasteiger partial charge in [0.2, 0.25) is 5.91 Å². The number of carbonyl (C=O) groups is 2. The number of hydrogen-bond acceptors (Lipinski definition) is 6. The van der Waals surface area contributed by atoms with Crippen molar-refractivity contribution in [2.45, 2.75) is 37.1 Å². The monoisotopic (exact) mass is 579 g/mol. The Labute approximate surface area is 251 Å². The molecular weight excluding hydrogens is 542 g/mol. The van der Waals surface area contributed by atoms with Crippen LogP contribution in [0.25, 0.3) is 0 Å². The Morgan fingerprint density at radius 1 is 0.930 bits per heavy atom. The molecule has 0 saturated carbocycles. The van der Waals surface area contributed by atoms with Gasteiger partial charge in [-0.1, -0.05) is 78.9 Å². The Morgan fingerprint density at radius 3 is 2.09 bits per heavy atom. The van der Waals surface area contributed by atoms with E-state index in [0.717, 1.165) is 38.0 Å². The molecule has 0 aliphatic carbocycles. The Morgan fingerprint density at radius 2 is 1.53 bits per heavy atom. The fraction of sp³-hybridized carbons (Fsp3) is 0.294. The van der Waals surface area contributed by atoms with Crippen molar-refractivity contribution in [3.8, 4) is 0 Å². The average molecular weight is 580 g/mol. The number of nitro groups is 1. The van der Waals surface area contributed by atoms with Gasteiger partial charge in [0.1, 0.15) is 5.70 Å². The highest BCUT2D eigenvalue weighted by molar-refractivity contribution is 6.05. The first-order chi connectivity index (χ1) is 20.9. The standard InChI is InChI=1S/C34H37N5O4/c1-35-32(40)29-13-8-21-36-31(29)33(41)37-30(25-14-16-28(17-15-25)39(42)43)18-22-38-23-19-34(20-24-38,26-9-4-2-5-10-26)27-11-6-3-7-12-27/h2-12,14-17,21,30,36H,13,18-20,22-24H2,1H3,(H,35,40)(H,37,41). The zero-order chi connectivity index (χ0) is 30.2. The number of hydrogen-bond donors (Lipinski definition) is 3. The minimum Gasteiger partial charge on any atom is -0.357 e. The number of likely N-dealkylation sites (tertiary alicyclic amines) is 1. The van der Waals surface area contributed by atoms with Crippen molar-refractivity contribution in [2.24, 2.45) is 0 Å². The summed E-state index contributed by atoms with van der Waals surface area (Å²) in [4.78, 5) is 39.1. The average Bonchev–Trinajstić information content (AvgIpc) is 3.07. The maximum Gasteiger partial charge on any atom is 0.269 e. The molecule has 1 fully saturated rings. The van der Waals surface area contributed by atoms with Crippen molar-refractivity contribution in [1.29, 1.82) is 0 Å². The number of likely N-dealkylation sites (N-methyl/N-ethyl adjacent to an activating group) is 1. The van der Waals surface area contributed by atoms with Crippen LogP contribution in [0.1, 0.15) is 48.4 Å². The smallest absolute Gasteiger partial charge is 0.269 e. The van der Waals surface area contributed by atoms with E-state index >= 15 is 0 Å². The Kier molecular flexibility index (Phi) is 9.32. The lowest BCUT2D eigenvalue weighted by atomic mass is 9.68. The van der Waals surface area contributed by atoms with Crippen LogP contribution in [-0.2, 0) is 15.0 Å². The predicted octanol–water partition coefficient (Wildman–Crippen LogP) is 4.73. The molecule has 0 radical (unpaired) electrons. The molecule has 2 aliphatic rings. The number of rotatable bonds is 10. The normalized spacial score (nSPS) is 17.0. The van der Waals surface area contributed by atoms with Crippen molar-refractivity contribution < 1.29 is 14.5 Å². The lowest BCUT2D eigenvalue weighted by Crippen LogP contribution is -2.44. The zero-order valence-corrected chi connectivity index (χ0v) is 24.3. The lowest BCUT2D eigenvalue weighted by molar-refractivity contribution is -0.384. The molecule has 3 aromatic rings. The first-order valence-electron chi connectivity index (χ1n) is 14.7. The van der Waals surface area contributed by atoms with Crippen molar-refractivity contribution in [1.82, 2.24) is 20.9 Å². The number of allylic oxidation sites excluding steroid dienone is 1. The quantitative estimate of drug-likeness (QED) is 0.236. The van der Waals surface area contributed by atoms with Gasteiger partial charge in [0, 0.05) is 36.7 Å². The SMILES string of the molecule is CNC(=O)C1=C(C(=O)NC(CCN2CCC(c3ccccc3)(c3ccccc3)CC2)c2ccc([N+](=O)[O-])cc2)NC=CC1. The van der Waals surface area contributed by atoms with Crippen LogP contribution in [-0.4, -0.2) is 48.3 Å². The van der Waals surface area contributed by atoms with Gasteiger partial charge in [-0.2, -0.15) is 0 Å². The molecule has 2 aliphatic heterocycles. The van der Waals surface area contributed by atoms with Crippen LogP contribution in [0.3, 0.4) is 0 Å². The topological polar surface area (TPSA) is 117 Å². The molecule has 1 saturated heterocycles. The molecule has 5 rings (SSSR count). The largest absolute Gasteiger partial charge is 0.357 e. The third-order valence-electron chi connectivity index (χ3n) is 8.61. The van der Waals surface area contributed by atoms with Crippen molar-refractivity contribution in [3.05, 3.63) is 135 Å². The minimum atomic E-state index is -0.435. The highest BCUT2D eigenvalue weighted by atomic mass is 16.6. The van der Waals surface area contributed by atoms with E-state index in [1.54, 1.807) is 24.4 Å². The van der Waals surface area contributed by atoms with Crippen LogP contribution >= 0.6 is 0 Å². The zero-order valence-electron chi connectivity index (χ0n) is 24.3. The molecule has 9 nitrogen and oxygen atoms in total. The minimum absolute atomic E-state index is 0.00767. The first kappa shape index (κ1) is 29.7. The summed E-state index contributed by atoms with van der Waals surface area (Å²) in [6.07, 6.45) is 6.32. The van der Waals surface area contributed by atoms with E-state index in [1.165, 1.54) is 30.3 Å². The van der Waals surface area contributed by atoms with Crippen LogP contribution in [0.4, 0.5) is 5.69 Å². The number of amides is 2. The van der Waals surface area contributed by atoms with Crippen molar-refractivity contribution in [2.75, 3.05) is 26.7 Å². The summed E-state index contributed by atoms with van der Waals surface area (Å²) in [5.74, 6) is -0.709. The molecule has 1 atom stereocenters. The summed E-state index contributed by atoms with van der Waals surface area (Å²) in [7, 11) is 1.53. The Balaban J connectivity index is 1.33. The number of nitrogens with zero attached hydrogens (tertiary/aromatic N) is 2. The molecular formula is C34H37N5O4. The Bertz CT molecular complexity index is 1450. The summed E-state index contributed by atoms with van der Waals surface area (Å²) in [5.41, 5.74) is 3.92. The molecule has 222 valence electrons. The third kappa shape index (κ3) is 6.67. The predicted molar refractivity (Wildman–Crippen MR) is 166 cm³/mol. The second-order valence-electron chi connectivity index (χ2n) is 11.0. The molecule has 3 aromatic carbocycles. The van der Waals surface area contributed by atoms with E-state index in [2.05, 4.69) is 81.5 Å². The van der Waals surface area contributed by atoms with Crippen LogP contribution in [0.15, 0.2) is 108 Å². The van der Waals surface area contributed by atoms with E-state index in [0.29, 0.717) is 18.4 Å². The maximum absolute atomic E-state index is 13.5. The number of nitrogens with one attached hydrogen (secondary N) is 3. The van der Waals surface area contributed by atoms with Gasteiger partial charge in [0.15, 0.2) is 0 Å². The molecule has 9 heteroatoms. The Hall–Kier alpha value is -4.76. The molecule has 2 amide bonds.